The van der Waals surface area contributed by atoms with E-state index in [1.807, 2.05) is 25.3 Å². The van der Waals surface area contributed by atoms with E-state index in [0.29, 0.717) is 11.4 Å². The molecule has 0 radical (unpaired) electrons. The molecule has 0 saturated heterocycles. The third kappa shape index (κ3) is 2.64. The largest absolute Gasteiger partial charge is 0.416 e. The molecule has 102 valence electrons. The molecular weight excluding hydrogens is 253 g/mol. The molecule has 2 aromatic rings. The zero-order valence-corrected chi connectivity index (χ0v) is 11.0. The van der Waals surface area contributed by atoms with Gasteiger partial charge in [0.15, 0.2) is 0 Å². The highest BCUT2D eigenvalue weighted by atomic mass is 19.4. The van der Waals surface area contributed by atoms with E-state index in [9.17, 15) is 13.2 Å². The summed E-state index contributed by atoms with van der Waals surface area (Å²) in [5.41, 5.74) is 1.04. The molecule has 0 unspecified atom stereocenters. The van der Waals surface area contributed by atoms with Crippen LogP contribution in [0.1, 0.15) is 31.1 Å². The first kappa shape index (κ1) is 13.6. The molecule has 0 aliphatic carbocycles. The van der Waals surface area contributed by atoms with Crippen LogP contribution in [0.15, 0.2) is 30.5 Å². The van der Waals surface area contributed by atoms with Gasteiger partial charge in [-0.3, -0.25) is 0 Å². The van der Waals surface area contributed by atoms with Gasteiger partial charge >= 0.3 is 6.18 Å². The average molecular weight is 268 g/mol. The van der Waals surface area contributed by atoms with Crippen LogP contribution in [0.2, 0.25) is 0 Å². The Morgan fingerprint density at radius 3 is 2.16 bits per heavy atom. The standard InChI is InChI=1S/C14H15F3N2/c1-9(2)19-10(3)8-18-13(19)11-4-6-12(7-5-11)14(15,16)17/h4-9H,1-3H3. The molecule has 0 aliphatic heterocycles. The number of alkyl halides is 3. The van der Waals surface area contributed by atoms with Gasteiger partial charge in [-0.25, -0.2) is 4.98 Å². The van der Waals surface area contributed by atoms with Crippen molar-refractivity contribution in [2.75, 3.05) is 0 Å². The molecule has 5 heteroatoms. The van der Waals surface area contributed by atoms with Crippen LogP contribution in [0.3, 0.4) is 0 Å². The van der Waals surface area contributed by atoms with Gasteiger partial charge in [0.25, 0.3) is 0 Å². The molecule has 0 atom stereocenters. The molecular formula is C14H15F3N2. The first-order chi connectivity index (χ1) is 8.80. The molecule has 1 heterocycles. The van der Waals surface area contributed by atoms with Crippen LogP contribution in [0.25, 0.3) is 11.4 Å². The lowest BCUT2D eigenvalue weighted by molar-refractivity contribution is -0.137. The zero-order valence-electron chi connectivity index (χ0n) is 11.0. The van der Waals surface area contributed by atoms with Gasteiger partial charge in [0.05, 0.1) is 5.56 Å². The minimum Gasteiger partial charge on any atom is -0.326 e. The molecule has 0 spiro atoms. The number of hydrogen-bond acceptors (Lipinski definition) is 1. The summed E-state index contributed by atoms with van der Waals surface area (Å²) in [6, 6.07) is 5.31. The minimum absolute atomic E-state index is 0.208. The summed E-state index contributed by atoms with van der Waals surface area (Å²) < 4.78 is 39.5. The lowest BCUT2D eigenvalue weighted by Gasteiger charge is -2.14. The van der Waals surface area contributed by atoms with Gasteiger partial charge in [-0.1, -0.05) is 12.1 Å². The van der Waals surface area contributed by atoms with Gasteiger partial charge in [0.1, 0.15) is 5.82 Å². The van der Waals surface area contributed by atoms with E-state index in [2.05, 4.69) is 4.98 Å². The second kappa shape index (κ2) is 4.72. The fraction of sp³-hybridized carbons (Fsp3) is 0.357. The molecule has 19 heavy (non-hydrogen) atoms. The fourth-order valence-electron chi connectivity index (χ4n) is 2.12. The van der Waals surface area contributed by atoms with Crippen LogP contribution < -0.4 is 0 Å². The van der Waals surface area contributed by atoms with Gasteiger partial charge in [-0.2, -0.15) is 13.2 Å². The van der Waals surface area contributed by atoms with Crippen molar-refractivity contribution in [1.29, 1.82) is 0 Å². The van der Waals surface area contributed by atoms with Crippen LogP contribution >= 0.6 is 0 Å². The number of halogens is 3. The van der Waals surface area contributed by atoms with Crippen molar-refractivity contribution >= 4 is 0 Å². The van der Waals surface area contributed by atoms with E-state index in [-0.39, 0.29) is 6.04 Å². The predicted octanol–water partition coefficient (Wildman–Crippen LogP) is 4.46. The third-order valence-corrected chi connectivity index (χ3v) is 2.97. The molecule has 0 amide bonds. The summed E-state index contributed by atoms with van der Waals surface area (Å²) in [5.74, 6) is 0.696. The van der Waals surface area contributed by atoms with E-state index in [1.165, 1.54) is 12.1 Å². The maximum absolute atomic E-state index is 12.5. The number of aryl methyl sites for hydroxylation is 1. The second-order valence-electron chi connectivity index (χ2n) is 4.76. The van der Waals surface area contributed by atoms with Gasteiger partial charge < -0.3 is 4.57 Å². The SMILES string of the molecule is Cc1cnc(-c2ccc(C(F)(F)F)cc2)n1C(C)C. The topological polar surface area (TPSA) is 17.8 Å². The molecule has 0 bridgehead atoms. The molecule has 1 aromatic carbocycles. The summed E-state index contributed by atoms with van der Waals surface area (Å²) >= 11 is 0. The number of benzene rings is 1. The maximum Gasteiger partial charge on any atom is 0.416 e. The van der Waals surface area contributed by atoms with E-state index in [4.69, 9.17) is 0 Å². The normalized spacial score (nSPS) is 12.2. The summed E-state index contributed by atoms with van der Waals surface area (Å²) in [6.45, 7) is 5.96. The van der Waals surface area contributed by atoms with Crippen molar-refractivity contribution in [3.63, 3.8) is 0 Å². The quantitative estimate of drug-likeness (QED) is 0.786. The Kier molecular flexibility index (Phi) is 3.39. The minimum atomic E-state index is -4.30. The van der Waals surface area contributed by atoms with Crippen molar-refractivity contribution in [3.05, 3.63) is 41.7 Å². The Morgan fingerprint density at radius 2 is 1.68 bits per heavy atom. The Bertz CT molecular complexity index is 565. The molecule has 0 aliphatic rings. The van der Waals surface area contributed by atoms with Crippen molar-refractivity contribution < 1.29 is 13.2 Å². The molecule has 0 fully saturated rings. The summed E-state index contributed by atoms with van der Waals surface area (Å²) in [6.07, 6.45) is -2.57. The third-order valence-electron chi connectivity index (χ3n) is 2.97. The van der Waals surface area contributed by atoms with Crippen molar-refractivity contribution in [2.45, 2.75) is 33.0 Å². The smallest absolute Gasteiger partial charge is 0.326 e. The molecule has 2 rings (SSSR count). The first-order valence-electron chi connectivity index (χ1n) is 6.02. The van der Waals surface area contributed by atoms with Gasteiger partial charge in [0, 0.05) is 23.5 Å². The van der Waals surface area contributed by atoms with Crippen LogP contribution in [-0.4, -0.2) is 9.55 Å². The van der Waals surface area contributed by atoms with Crippen LogP contribution in [0.5, 0.6) is 0 Å². The Morgan fingerprint density at radius 1 is 1.11 bits per heavy atom. The number of nitrogens with zero attached hydrogens (tertiary/aromatic N) is 2. The van der Waals surface area contributed by atoms with Crippen LogP contribution in [0, 0.1) is 6.92 Å². The highest BCUT2D eigenvalue weighted by molar-refractivity contribution is 5.57. The first-order valence-corrected chi connectivity index (χ1v) is 6.02. The highest BCUT2D eigenvalue weighted by Gasteiger charge is 2.30. The molecule has 1 aromatic heterocycles. The van der Waals surface area contributed by atoms with Gasteiger partial charge in [0.2, 0.25) is 0 Å². The monoisotopic (exact) mass is 268 g/mol. The van der Waals surface area contributed by atoms with Crippen molar-refractivity contribution in [1.82, 2.24) is 9.55 Å². The lowest BCUT2D eigenvalue weighted by Crippen LogP contribution is -2.06. The van der Waals surface area contributed by atoms with Crippen LogP contribution in [-0.2, 0) is 6.18 Å². The fourth-order valence-corrected chi connectivity index (χ4v) is 2.12. The van der Waals surface area contributed by atoms with Gasteiger partial charge in [-0.05, 0) is 32.9 Å². The second-order valence-corrected chi connectivity index (χ2v) is 4.76. The summed E-state index contributed by atoms with van der Waals surface area (Å²) in [5, 5.41) is 0. The van der Waals surface area contributed by atoms with Crippen molar-refractivity contribution in [2.24, 2.45) is 0 Å². The molecule has 0 N–H and O–H groups in total. The van der Waals surface area contributed by atoms with Crippen LogP contribution in [0.4, 0.5) is 13.2 Å². The number of rotatable bonds is 2. The number of aromatic nitrogens is 2. The Labute approximate surface area is 109 Å². The summed E-state index contributed by atoms with van der Waals surface area (Å²) in [4.78, 5) is 4.28. The molecule has 0 saturated carbocycles. The average Bonchev–Trinajstić information content (AvgIpc) is 2.70. The van der Waals surface area contributed by atoms with E-state index >= 15 is 0 Å². The Balaban J connectivity index is 2.44. The predicted molar refractivity (Wildman–Crippen MR) is 67.8 cm³/mol. The van der Waals surface area contributed by atoms with Gasteiger partial charge in [-0.15, -0.1) is 0 Å². The van der Waals surface area contributed by atoms with E-state index < -0.39 is 11.7 Å². The maximum atomic E-state index is 12.5. The highest BCUT2D eigenvalue weighted by Crippen LogP contribution is 2.31. The number of imidazole rings is 1. The van der Waals surface area contributed by atoms with Crippen molar-refractivity contribution in [3.8, 4) is 11.4 Å². The summed E-state index contributed by atoms with van der Waals surface area (Å²) in [7, 11) is 0. The lowest BCUT2D eigenvalue weighted by atomic mass is 10.1. The molecule has 2 nitrogen and oxygen atoms in total. The van der Waals surface area contributed by atoms with E-state index in [0.717, 1.165) is 17.8 Å². The zero-order chi connectivity index (χ0) is 14.2. The Hall–Kier alpha value is -1.78. The van der Waals surface area contributed by atoms with E-state index in [1.54, 1.807) is 6.20 Å². The number of hydrogen-bond donors (Lipinski definition) is 0.